The minimum Gasteiger partial charge on any atom is -0.265 e. The molecule has 2 aromatic heterocycles. The van der Waals surface area contributed by atoms with Crippen molar-refractivity contribution in [2.24, 2.45) is 0 Å². The molecular formula is C13H15NS. The summed E-state index contributed by atoms with van der Waals surface area (Å²) in [6, 6.07) is 8.53. The van der Waals surface area contributed by atoms with Crippen LogP contribution in [0.4, 0.5) is 0 Å². The molecule has 2 rings (SSSR count). The Hall–Kier alpha value is -1.15. The van der Waals surface area contributed by atoms with E-state index in [-0.39, 0.29) is 5.41 Å². The van der Waals surface area contributed by atoms with Gasteiger partial charge >= 0.3 is 0 Å². The lowest BCUT2D eigenvalue weighted by atomic mass is 9.95. The summed E-state index contributed by atoms with van der Waals surface area (Å²) >= 11 is 1.87. The fourth-order valence-corrected chi connectivity index (χ4v) is 2.48. The summed E-state index contributed by atoms with van der Waals surface area (Å²) in [4.78, 5) is 6.78. The van der Waals surface area contributed by atoms with E-state index in [1.807, 2.05) is 23.7 Å². The van der Waals surface area contributed by atoms with Gasteiger partial charge in [0.1, 0.15) is 0 Å². The Bertz CT molecular complexity index is 437. The van der Waals surface area contributed by atoms with Crippen LogP contribution in [0.1, 0.15) is 25.6 Å². The van der Waals surface area contributed by atoms with E-state index in [1.54, 1.807) is 0 Å². The first kappa shape index (κ1) is 10.4. The predicted molar refractivity (Wildman–Crippen MR) is 66.3 cm³/mol. The molecule has 0 N–H and O–H groups in total. The zero-order chi connectivity index (χ0) is 10.9. The van der Waals surface area contributed by atoms with Crippen LogP contribution >= 0.6 is 11.3 Å². The van der Waals surface area contributed by atoms with E-state index >= 15 is 0 Å². The molecule has 0 unspecified atom stereocenters. The van der Waals surface area contributed by atoms with E-state index in [2.05, 4.69) is 50.0 Å². The summed E-state index contributed by atoms with van der Waals surface area (Å²) in [6.45, 7) is 6.74. The van der Waals surface area contributed by atoms with Crippen molar-refractivity contribution in [3.8, 4) is 10.4 Å². The summed E-state index contributed by atoms with van der Waals surface area (Å²) in [5, 5.41) is 0. The Balaban J connectivity index is 2.37. The van der Waals surface area contributed by atoms with E-state index in [1.165, 1.54) is 15.3 Å². The number of pyridine rings is 1. The normalized spacial score (nSPS) is 11.7. The SMILES string of the molecule is CC(C)(C)c1ccc(-c2ccncc2)s1. The van der Waals surface area contributed by atoms with Gasteiger partial charge in [0, 0.05) is 22.1 Å². The van der Waals surface area contributed by atoms with Crippen LogP contribution in [0.15, 0.2) is 36.7 Å². The zero-order valence-corrected chi connectivity index (χ0v) is 10.1. The van der Waals surface area contributed by atoms with Gasteiger partial charge in [-0.2, -0.15) is 0 Å². The molecule has 0 bridgehead atoms. The maximum Gasteiger partial charge on any atom is 0.0346 e. The molecule has 0 radical (unpaired) electrons. The quantitative estimate of drug-likeness (QED) is 0.700. The number of aromatic nitrogens is 1. The molecule has 2 heteroatoms. The van der Waals surface area contributed by atoms with Crippen molar-refractivity contribution in [2.45, 2.75) is 26.2 Å². The lowest BCUT2D eigenvalue weighted by molar-refractivity contribution is 0.604. The van der Waals surface area contributed by atoms with Gasteiger partial charge < -0.3 is 0 Å². The largest absolute Gasteiger partial charge is 0.265 e. The second-order valence-electron chi connectivity index (χ2n) is 4.65. The van der Waals surface area contributed by atoms with E-state index in [0.717, 1.165) is 0 Å². The molecular weight excluding hydrogens is 202 g/mol. The van der Waals surface area contributed by atoms with Crippen LogP contribution in [0.2, 0.25) is 0 Å². The van der Waals surface area contributed by atoms with Crippen molar-refractivity contribution in [3.63, 3.8) is 0 Å². The Labute approximate surface area is 94.8 Å². The molecule has 15 heavy (non-hydrogen) atoms. The lowest BCUT2D eigenvalue weighted by Gasteiger charge is -2.15. The Morgan fingerprint density at radius 1 is 1.00 bits per heavy atom. The van der Waals surface area contributed by atoms with E-state index in [0.29, 0.717) is 0 Å². The Morgan fingerprint density at radius 3 is 2.20 bits per heavy atom. The molecule has 0 saturated heterocycles. The number of thiophene rings is 1. The highest BCUT2D eigenvalue weighted by molar-refractivity contribution is 7.15. The molecule has 78 valence electrons. The molecule has 0 amide bonds. The third kappa shape index (κ3) is 2.26. The van der Waals surface area contributed by atoms with E-state index in [9.17, 15) is 0 Å². The van der Waals surface area contributed by atoms with Crippen molar-refractivity contribution >= 4 is 11.3 Å². The predicted octanol–water partition coefficient (Wildman–Crippen LogP) is 4.11. The molecule has 0 fully saturated rings. The molecule has 0 atom stereocenters. The second kappa shape index (κ2) is 3.78. The van der Waals surface area contributed by atoms with Crippen LogP contribution in [0.5, 0.6) is 0 Å². The van der Waals surface area contributed by atoms with Gasteiger partial charge in [0.2, 0.25) is 0 Å². The summed E-state index contributed by atoms with van der Waals surface area (Å²) in [5.74, 6) is 0. The summed E-state index contributed by atoms with van der Waals surface area (Å²) in [7, 11) is 0. The monoisotopic (exact) mass is 217 g/mol. The highest BCUT2D eigenvalue weighted by atomic mass is 32.1. The van der Waals surface area contributed by atoms with Gasteiger partial charge in [-0.15, -0.1) is 11.3 Å². The lowest BCUT2D eigenvalue weighted by Crippen LogP contribution is -2.07. The maximum atomic E-state index is 4.03. The smallest absolute Gasteiger partial charge is 0.0346 e. The van der Waals surface area contributed by atoms with Crippen molar-refractivity contribution < 1.29 is 0 Å². The van der Waals surface area contributed by atoms with Crippen LogP contribution in [-0.2, 0) is 5.41 Å². The average molecular weight is 217 g/mol. The van der Waals surface area contributed by atoms with Gasteiger partial charge in [-0.1, -0.05) is 20.8 Å². The van der Waals surface area contributed by atoms with Gasteiger partial charge in [-0.05, 0) is 35.2 Å². The van der Waals surface area contributed by atoms with Gasteiger partial charge in [-0.3, -0.25) is 4.98 Å². The third-order valence-corrected chi connectivity index (χ3v) is 3.87. The molecule has 0 aromatic carbocycles. The Kier molecular flexibility index (Phi) is 2.61. The van der Waals surface area contributed by atoms with Crippen LogP contribution in [0.25, 0.3) is 10.4 Å². The molecule has 0 aliphatic carbocycles. The first-order valence-corrected chi connectivity index (χ1v) is 5.90. The summed E-state index contributed by atoms with van der Waals surface area (Å²) in [6.07, 6.45) is 3.68. The van der Waals surface area contributed by atoms with Crippen molar-refractivity contribution in [1.29, 1.82) is 0 Å². The van der Waals surface area contributed by atoms with E-state index in [4.69, 9.17) is 0 Å². The maximum absolute atomic E-state index is 4.03. The first-order valence-electron chi connectivity index (χ1n) is 5.08. The minimum atomic E-state index is 0.246. The molecule has 2 heterocycles. The van der Waals surface area contributed by atoms with Crippen molar-refractivity contribution in [1.82, 2.24) is 4.98 Å². The number of hydrogen-bond acceptors (Lipinski definition) is 2. The van der Waals surface area contributed by atoms with E-state index < -0.39 is 0 Å². The van der Waals surface area contributed by atoms with Gasteiger partial charge in [0.15, 0.2) is 0 Å². The minimum absolute atomic E-state index is 0.246. The number of nitrogens with zero attached hydrogens (tertiary/aromatic N) is 1. The van der Waals surface area contributed by atoms with Gasteiger partial charge in [-0.25, -0.2) is 0 Å². The number of rotatable bonds is 1. The summed E-state index contributed by atoms with van der Waals surface area (Å²) < 4.78 is 0. The standard InChI is InChI=1S/C13H15NS/c1-13(2,3)12-5-4-11(15-12)10-6-8-14-9-7-10/h4-9H,1-3H3. The van der Waals surface area contributed by atoms with Crippen LogP contribution in [-0.4, -0.2) is 4.98 Å². The molecule has 0 aliphatic rings. The van der Waals surface area contributed by atoms with Crippen LogP contribution in [0.3, 0.4) is 0 Å². The summed E-state index contributed by atoms with van der Waals surface area (Å²) in [5.41, 5.74) is 1.50. The topological polar surface area (TPSA) is 12.9 Å². The average Bonchev–Trinajstić information content (AvgIpc) is 2.67. The first-order chi connectivity index (χ1) is 7.07. The van der Waals surface area contributed by atoms with Crippen LogP contribution < -0.4 is 0 Å². The van der Waals surface area contributed by atoms with Crippen molar-refractivity contribution in [2.75, 3.05) is 0 Å². The molecule has 0 saturated carbocycles. The van der Waals surface area contributed by atoms with Crippen molar-refractivity contribution in [3.05, 3.63) is 41.5 Å². The fourth-order valence-electron chi connectivity index (χ4n) is 1.41. The van der Waals surface area contributed by atoms with Crippen LogP contribution in [0, 0.1) is 0 Å². The highest BCUT2D eigenvalue weighted by Gasteiger charge is 2.16. The third-order valence-electron chi connectivity index (χ3n) is 2.31. The van der Waals surface area contributed by atoms with Gasteiger partial charge in [0.05, 0.1) is 0 Å². The highest BCUT2D eigenvalue weighted by Crippen LogP contribution is 2.34. The Morgan fingerprint density at radius 2 is 1.67 bits per heavy atom. The molecule has 0 spiro atoms. The fraction of sp³-hybridized carbons (Fsp3) is 0.308. The molecule has 2 aromatic rings. The second-order valence-corrected chi connectivity index (χ2v) is 5.73. The zero-order valence-electron chi connectivity index (χ0n) is 9.32. The number of hydrogen-bond donors (Lipinski definition) is 0. The molecule has 0 aliphatic heterocycles. The van der Waals surface area contributed by atoms with Gasteiger partial charge in [0.25, 0.3) is 0 Å². The molecule has 1 nitrogen and oxygen atoms in total.